The topological polar surface area (TPSA) is 59.4 Å². The van der Waals surface area contributed by atoms with Gasteiger partial charge in [0.2, 0.25) is 0 Å². The van der Waals surface area contributed by atoms with E-state index < -0.39 is 17.8 Å². The van der Waals surface area contributed by atoms with Gasteiger partial charge in [-0.15, -0.1) is 0 Å². The third-order valence-corrected chi connectivity index (χ3v) is 4.18. The number of aromatic nitrogens is 2. The average molecular weight is 362 g/mol. The molecule has 0 saturated carbocycles. The van der Waals surface area contributed by atoms with Crippen molar-refractivity contribution in [3.63, 3.8) is 0 Å². The van der Waals surface area contributed by atoms with Crippen LogP contribution in [0.2, 0.25) is 0 Å². The largest absolute Gasteiger partial charge is 0.435 e. The summed E-state index contributed by atoms with van der Waals surface area (Å²) in [6.07, 6.45) is -3.99. The number of morpholine rings is 1. The van der Waals surface area contributed by atoms with Gasteiger partial charge in [-0.25, -0.2) is 0 Å². The molecule has 6 nitrogen and oxygen atoms in total. The minimum Gasteiger partial charge on any atom is -0.379 e. The summed E-state index contributed by atoms with van der Waals surface area (Å²) in [7, 11) is 0. The molecule has 1 aromatic heterocycles. The Morgan fingerprint density at radius 2 is 1.96 bits per heavy atom. The predicted molar refractivity (Wildman–Crippen MR) is 86.6 cm³/mol. The van der Waals surface area contributed by atoms with Crippen LogP contribution in [0.25, 0.3) is 0 Å². The van der Waals surface area contributed by atoms with Gasteiger partial charge in [-0.1, -0.05) is 0 Å². The Morgan fingerprint density at radius 1 is 1.32 bits per heavy atom. The Bertz CT molecular complexity index is 593. The first kappa shape index (κ1) is 19.7. The van der Waals surface area contributed by atoms with Crippen LogP contribution in [-0.2, 0) is 10.9 Å². The molecule has 0 atom stereocenters. The molecule has 1 N–H and O–H groups in total. The second-order valence-electron chi connectivity index (χ2n) is 6.41. The molecule has 1 saturated heterocycles. The van der Waals surface area contributed by atoms with Crippen molar-refractivity contribution >= 4 is 5.91 Å². The zero-order chi connectivity index (χ0) is 18.6. The summed E-state index contributed by atoms with van der Waals surface area (Å²) < 4.78 is 46.2. The van der Waals surface area contributed by atoms with Gasteiger partial charge < -0.3 is 10.1 Å². The van der Waals surface area contributed by atoms with Crippen LogP contribution in [0.5, 0.6) is 0 Å². The third-order valence-electron chi connectivity index (χ3n) is 4.18. The first-order valence-corrected chi connectivity index (χ1v) is 8.46. The number of ether oxygens (including phenoxy) is 1. The molecule has 0 aromatic carbocycles. The molecule has 0 spiro atoms. The lowest BCUT2D eigenvalue weighted by molar-refractivity contribution is -0.141. The zero-order valence-corrected chi connectivity index (χ0v) is 14.8. The lowest BCUT2D eigenvalue weighted by atomic mass is 10.1. The Balaban J connectivity index is 2.00. The van der Waals surface area contributed by atoms with Crippen LogP contribution in [-0.4, -0.2) is 60.0 Å². The fourth-order valence-electron chi connectivity index (χ4n) is 2.91. The van der Waals surface area contributed by atoms with Crippen LogP contribution in [0.4, 0.5) is 13.2 Å². The van der Waals surface area contributed by atoms with Crippen molar-refractivity contribution in [1.82, 2.24) is 20.0 Å². The molecule has 1 aliphatic heterocycles. The van der Waals surface area contributed by atoms with Crippen LogP contribution in [0.3, 0.4) is 0 Å². The van der Waals surface area contributed by atoms with Crippen LogP contribution in [0.15, 0.2) is 0 Å². The number of nitrogens with one attached hydrogen (secondary N) is 1. The second-order valence-corrected chi connectivity index (χ2v) is 6.41. The summed E-state index contributed by atoms with van der Waals surface area (Å²) in [5.74, 6) is -0.723. The maximum atomic E-state index is 13.2. The summed E-state index contributed by atoms with van der Waals surface area (Å²) in [6, 6.07) is -0.260. The molecule has 1 aliphatic rings. The maximum absolute atomic E-state index is 13.2. The number of nitrogens with zero attached hydrogens (tertiary/aromatic N) is 3. The average Bonchev–Trinajstić information content (AvgIpc) is 2.90. The predicted octanol–water partition coefficient (Wildman–Crippen LogP) is 2.24. The van der Waals surface area contributed by atoms with E-state index in [4.69, 9.17) is 4.74 Å². The highest BCUT2D eigenvalue weighted by Crippen LogP contribution is 2.33. The van der Waals surface area contributed by atoms with Gasteiger partial charge in [-0.2, -0.15) is 18.3 Å². The molecule has 1 aromatic rings. The van der Waals surface area contributed by atoms with Gasteiger partial charge in [-0.3, -0.25) is 14.4 Å². The lowest BCUT2D eigenvalue weighted by Gasteiger charge is -2.26. The van der Waals surface area contributed by atoms with Crippen LogP contribution in [0.1, 0.15) is 48.1 Å². The summed E-state index contributed by atoms with van der Waals surface area (Å²) in [6.45, 7) is 9.10. The van der Waals surface area contributed by atoms with E-state index in [9.17, 15) is 18.0 Å². The van der Waals surface area contributed by atoms with Crippen molar-refractivity contribution in [2.45, 2.75) is 39.4 Å². The van der Waals surface area contributed by atoms with E-state index in [2.05, 4.69) is 15.3 Å². The fourth-order valence-corrected chi connectivity index (χ4v) is 2.91. The van der Waals surface area contributed by atoms with Crippen LogP contribution >= 0.6 is 0 Å². The number of alkyl halides is 3. The van der Waals surface area contributed by atoms with Crippen molar-refractivity contribution in [3.8, 4) is 0 Å². The molecule has 2 rings (SSSR count). The Morgan fingerprint density at radius 3 is 2.52 bits per heavy atom. The number of hydrogen-bond donors (Lipinski definition) is 1. The summed E-state index contributed by atoms with van der Waals surface area (Å²) in [5.41, 5.74) is -1.27. The minimum atomic E-state index is -4.66. The van der Waals surface area contributed by atoms with Crippen molar-refractivity contribution in [2.75, 3.05) is 39.4 Å². The molecular formula is C16H25F3N4O2. The molecule has 0 aliphatic carbocycles. The van der Waals surface area contributed by atoms with Crippen LogP contribution < -0.4 is 5.32 Å². The second kappa shape index (κ2) is 8.18. The van der Waals surface area contributed by atoms with E-state index in [1.807, 2.05) is 0 Å². The smallest absolute Gasteiger partial charge is 0.379 e. The van der Waals surface area contributed by atoms with Gasteiger partial charge in [0, 0.05) is 31.4 Å². The highest BCUT2D eigenvalue weighted by molar-refractivity contribution is 5.96. The van der Waals surface area contributed by atoms with Gasteiger partial charge in [0.1, 0.15) is 0 Å². The highest BCUT2D eigenvalue weighted by Gasteiger charge is 2.40. The third kappa shape index (κ3) is 4.94. The van der Waals surface area contributed by atoms with Gasteiger partial charge in [0.05, 0.1) is 18.8 Å². The normalized spacial score (nSPS) is 16.4. The number of amides is 1. The molecule has 142 valence electrons. The van der Waals surface area contributed by atoms with Gasteiger partial charge >= 0.3 is 6.18 Å². The van der Waals surface area contributed by atoms with Crippen molar-refractivity contribution in [3.05, 3.63) is 17.0 Å². The Hall–Kier alpha value is -1.61. The molecule has 9 heteroatoms. The number of rotatable bonds is 6. The first-order chi connectivity index (χ1) is 11.7. The van der Waals surface area contributed by atoms with Crippen molar-refractivity contribution in [2.24, 2.45) is 0 Å². The maximum Gasteiger partial charge on any atom is 0.435 e. The van der Waals surface area contributed by atoms with E-state index in [1.165, 1.54) is 11.6 Å². The van der Waals surface area contributed by atoms with Crippen LogP contribution in [0, 0.1) is 6.92 Å². The SMILES string of the molecule is Cc1c(C(=O)NCCCN2CCOCC2)c(C(F)(F)F)nn1C(C)C. The van der Waals surface area contributed by atoms with E-state index in [0.717, 1.165) is 19.6 Å². The molecule has 1 amide bonds. The molecule has 0 unspecified atom stereocenters. The highest BCUT2D eigenvalue weighted by atomic mass is 19.4. The summed E-state index contributed by atoms with van der Waals surface area (Å²) >= 11 is 0. The van der Waals surface area contributed by atoms with Gasteiger partial charge in [0.25, 0.3) is 5.91 Å². The quantitative estimate of drug-likeness (QED) is 0.789. The van der Waals surface area contributed by atoms with Crippen molar-refractivity contribution < 1.29 is 22.7 Å². The zero-order valence-electron chi connectivity index (χ0n) is 14.8. The van der Waals surface area contributed by atoms with Gasteiger partial charge in [-0.05, 0) is 33.7 Å². The number of hydrogen-bond acceptors (Lipinski definition) is 4. The molecular weight excluding hydrogens is 337 g/mol. The molecule has 1 fully saturated rings. The first-order valence-electron chi connectivity index (χ1n) is 8.46. The van der Waals surface area contributed by atoms with Gasteiger partial charge in [0.15, 0.2) is 5.69 Å². The van der Waals surface area contributed by atoms with E-state index in [-0.39, 0.29) is 17.3 Å². The fraction of sp³-hybridized carbons (Fsp3) is 0.750. The monoisotopic (exact) mass is 362 g/mol. The lowest BCUT2D eigenvalue weighted by Crippen LogP contribution is -2.38. The molecule has 0 bridgehead atoms. The Kier molecular flexibility index (Phi) is 6.45. The van der Waals surface area contributed by atoms with Crippen molar-refractivity contribution in [1.29, 1.82) is 0 Å². The van der Waals surface area contributed by atoms with E-state index in [0.29, 0.717) is 26.2 Å². The molecule has 2 heterocycles. The minimum absolute atomic E-state index is 0.230. The molecule has 0 radical (unpaired) electrons. The summed E-state index contributed by atoms with van der Waals surface area (Å²) in [4.78, 5) is 14.5. The standard InChI is InChI=1S/C16H25F3N4O2/c1-11(2)23-12(3)13(14(21-23)16(17,18)19)15(24)20-5-4-6-22-7-9-25-10-8-22/h11H,4-10H2,1-3H3,(H,20,24). The molecule has 25 heavy (non-hydrogen) atoms. The van der Waals surface area contributed by atoms with E-state index in [1.54, 1.807) is 13.8 Å². The number of carbonyl (C=O) groups is 1. The number of halogens is 3. The Labute approximate surface area is 145 Å². The van der Waals surface area contributed by atoms with E-state index >= 15 is 0 Å². The number of carbonyl (C=O) groups excluding carboxylic acids is 1. The summed E-state index contributed by atoms with van der Waals surface area (Å²) in [5, 5.41) is 6.21.